The van der Waals surface area contributed by atoms with Gasteiger partial charge in [-0.2, -0.15) is 0 Å². The molecule has 5 nitrogen and oxygen atoms in total. The minimum Gasteiger partial charge on any atom is -0.465 e. The largest absolute Gasteiger partial charge is 0.465 e. The number of carbonyl (C=O) groups is 2. The molecule has 0 aliphatic heterocycles. The monoisotopic (exact) mass is 395 g/mol. The molecule has 0 spiro atoms. The summed E-state index contributed by atoms with van der Waals surface area (Å²) < 4.78 is 10.4. The quantitative estimate of drug-likeness (QED) is 0.445. The van der Waals surface area contributed by atoms with E-state index in [1.165, 1.54) is 29.2 Å². The van der Waals surface area contributed by atoms with E-state index in [2.05, 4.69) is 5.32 Å². The molecule has 0 aliphatic carbocycles. The number of carbonyl (C=O) groups excluding carboxylic acids is 2. The number of furan rings is 1. The van der Waals surface area contributed by atoms with Crippen molar-refractivity contribution in [2.45, 2.75) is 20.8 Å². The van der Waals surface area contributed by atoms with E-state index in [0.29, 0.717) is 16.3 Å². The molecule has 6 heteroatoms. The second-order valence-corrected chi connectivity index (χ2v) is 7.09. The molecule has 0 fully saturated rings. The first kappa shape index (κ1) is 19.6. The zero-order valence-electron chi connectivity index (χ0n) is 15.9. The number of rotatable bonds is 6. The maximum absolute atomic E-state index is 12.6. The van der Waals surface area contributed by atoms with Gasteiger partial charge >= 0.3 is 5.97 Å². The Bertz CT molecular complexity index is 1020. The molecule has 0 radical (unpaired) electrons. The molecule has 3 aromatic rings. The van der Waals surface area contributed by atoms with Crippen LogP contribution in [-0.2, 0) is 9.53 Å². The molecule has 28 heavy (non-hydrogen) atoms. The van der Waals surface area contributed by atoms with Crippen molar-refractivity contribution in [2.75, 3.05) is 11.9 Å². The van der Waals surface area contributed by atoms with Gasteiger partial charge in [0.2, 0.25) is 5.91 Å². The first-order chi connectivity index (χ1) is 13.5. The van der Waals surface area contributed by atoms with Gasteiger partial charge in [0.15, 0.2) is 0 Å². The van der Waals surface area contributed by atoms with Crippen molar-refractivity contribution in [3.8, 4) is 11.1 Å². The molecule has 0 saturated heterocycles. The van der Waals surface area contributed by atoms with Crippen LogP contribution in [0.1, 0.15) is 34.2 Å². The van der Waals surface area contributed by atoms with Crippen LogP contribution in [0.5, 0.6) is 0 Å². The average molecular weight is 395 g/mol. The Morgan fingerprint density at radius 1 is 1.21 bits per heavy atom. The summed E-state index contributed by atoms with van der Waals surface area (Å²) in [7, 11) is 0. The molecule has 0 saturated carbocycles. The lowest BCUT2D eigenvalue weighted by atomic mass is 9.99. The molecule has 144 valence electrons. The molecule has 1 amide bonds. The van der Waals surface area contributed by atoms with Gasteiger partial charge < -0.3 is 14.5 Å². The van der Waals surface area contributed by atoms with Crippen LogP contribution in [0.15, 0.2) is 52.5 Å². The summed E-state index contributed by atoms with van der Waals surface area (Å²) >= 11 is 1.30. The minimum absolute atomic E-state index is 0.257. The van der Waals surface area contributed by atoms with Gasteiger partial charge in [-0.3, -0.25) is 4.79 Å². The van der Waals surface area contributed by atoms with Crippen LogP contribution >= 0.6 is 11.3 Å². The van der Waals surface area contributed by atoms with Gasteiger partial charge in [0.1, 0.15) is 16.3 Å². The molecule has 1 N–H and O–H groups in total. The summed E-state index contributed by atoms with van der Waals surface area (Å²) in [5, 5.41) is 5.10. The Balaban J connectivity index is 1.92. The van der Waals surface area contributed by atoms with Gasteiger partial charge in [0, 0.05) is 17.0 Å². The van der Waals surface area contributed by atoms with Crippen molar-refractivity contribution in [3.63, 3.8) is 0 Å². The molecule has 1 aromatic carbocycles. The topological polar surface area (TPSA) is 68.5 Å². The fourth-order valence-corrected chi connectivity index (χ4v) is 3.64. The number of esters is 1. The number of thiophene rings is 1. The first-order valence-corrected chi connectivity index (χ1v) is 9.76. The van der Waals surface area contributed by atoms with Crippen LogP contribution in [0, 0.1) is 13.8 Å². The predicted octanol–water partition coefficient (Wildman–Crippen LogP) is 5.45. The lowest BCUT2D eigenvalue weighted by molar-refractivity contribution is -0.111. The summed E-state index contributed by atoms with van der Waals surface area (Å²) in [5.41, 5.74) is 4.33. The van der Waals surface area contributed by atoms with Gasteiger partial charge in [-0.1, -0.05) is 18.2 Å². The van der Waals surface area contributed by atoms with Gasteiger partial charge in [-0.25, -0.2) is 4.79 Å². The van der Waals surface area contributed by atoms with Crippen LogP contribution in [0.4, 0.5) is 5.00 Å². The lowest BCUT2D eigenvalue weighted by Crippen LogP contribution is -2.12. The summed E-state index contributed by atoms with van der Waals surface area (Å²) in [5.74, 6) is -0.236. The third kappa shape index (κ3) is 4.40. The molecular weight excluding hydrogens is 374 g/mol. The van der Waals surface area contributed by atoms with Crippen molar-refractivity contribution in [3.05, 3.63) is 70.5 Å². The second kappa shape index (κ2) is 8.71. The van der Waals surface area contributed by atoms with Crippen LogP contribution in [-0.4, -0.2) is 18.5 Å². The van der Waals surface area contributed by atoms with E-state index in [4.69, 9.17) is 9.15 Å². The normalized spacial score (nSPS) is 11.0. The van der Waals surface area contributed by atoms with E-state index in [0.717, 1.165) is 16.7 Å². The fourth-order valence-electron chi connectivity index (χ4n) is 2.67. The Hall–Kier alpha value is -3.12. The summed E-state index contributed by atoms with van der Waals surface area (Å²) in [6, 6.07) is 9.50. The molecule has 2 heterocycles. The number of hydrogen-bond donors (Lipinski definition) is 1. The smallest absolute Gasteiger partial charge is 0.341 e. The van der Waals surface area contributed by atoms with E-state index in [-0.39, 0.29) is 12.5 Å². The molecule has 0 atom stereocenters. The summed E-state index contributed by atoms with van der Waals surface area (Å²) in [6.07, 6.45) is 4.46. The number of aryl methyl sites for hydroxylation is 2. The number of nitrogens with one attached hydrogen (secondary N) is 1. The zero-order valence-corrected chi connectivity index (χ0v) is 16.8. The van der Waals surface area contributed by atoms with Crippen LogP contribution in [0.3, 0.4) is 0 Å². The van der Waals surface area contributed by atoms with Crippen molar-refractivity contribution >= 4 is 34.3 Å². The van der Waals surface area contributed by atoms with Crippen molar-refractivity contribution in [1.82, 2.24) is 0 Å². The molecule has 0 unspecified atom stereocenters. The van der Waals surface area contributed by atoms with Gasteiger partial charge in [0.25, 0.3) is 0 Å². The van der Waals surface area contributed by atoms with Crippen molar-refractivity contribution in [1.29, 1.82) is 0 Å². The summed E-state index contributed by atoms with van der Waals surface area (Å²) in [4.78, 5) is 24.9. The molecular formula is C22H21NO4S. The Morgan fingerprint density at radius 2 is 2.04 bits per heavy atom. The molecule has 2 aromatic heterocycles. The van der Waals surface area contributed by atoms with Gasteiger partial charge in [-0.05, 0) is 55.7 Å². The number of hydrogen-bond acceptors (Lipinski definition) is 5. The fraction of sp³-hybridized carbons (Fsp3) is 0.182. The van der Waals surface area contributed by atoms with E-state index in [9.17, 15) is 9.59 Å². The highest BCUT2D eigenvalue weighted by molar-refractivity contribution is 7.15. The highest BCUT2D eigenvalue weighted by atomic mass is 32.1. The zero-order chi connectivity index (χ0) is 20.1. The Morgan fingerprint density at radius 3 is 2.71 bits per heavy atom. The van der Waals surface area contributed by atoms with Crippen molar-refractivity contribution < 1.29 is 18.7 Å². The van der Waals surface area contributed by atoms with Gasteiger partial charge in [-0.15, -0.1) is 11.3 Å². The standard InChI is InChI=1S/C22H21NO4S/c1-4-26-22(25)20-18(16-8-7-14(2)15(3)12-16)13-28-21(20)23-19(24)10-9-17-6-5-11-27-17/h5-13H,4H2,1-3H3,(H,23,24)/b10-9+. The van der Waals surface area contributed by atoms with E-state index in [1.54, 1.807) is 25.1 Å². The maximum atomic E-state index is 12.6. The molecule has 0 aliphatic rings. The number of amides is 1. The van der Waals surface area contributed by atoms with Gasteiger partial charge in [0.05, 0.1) is 12.9 Å². The molecule has 3 rings (SSSR count). The van der Waals surface area contributed by atoms with Crippen LogP contribution < -0.4 is 5.32 Å². The third-order valence-electron chi connectivity index (χ3n) is 4.27. The summed E-state index contributed by atoms with van der Waals surface area (Å²) in [6.45, 7) is 6.07. The number of anilines is 1. The third-order valence-corrected chi connectivity index (χ3v) is 5.16. The lowest BCUT2D eigenvalue weighted by Gasteiger charge is -2.09. The number of benzene rings is 1. The first-order valence-electron chi connectivity index (χ1n) is 8.88. The minimum atomic E-state index is -0.456. The average Bonchev–Trinajstić information content (AvgIpc) is 3.32. The maximum Gasteiger partial charge on any atom is 0.341 e. The highest BCUT2D eigenvalue weighted by Gasteiger charge is 2.22. The second-order valence-electron chi connectivity index (χ2n) is 6.21. The number of ether oxygens (including phenoxy) is 1. The Labute approximate surface area is 167 Å². The Kier molecular flexibility index (Phi) is 6.11. The predicted molar refractivity (Wildman–Crippen MR) is 112 cm³/mol. The highest BCUT2D eigenvalue weighted by Crippen LogP contribution is 2.37. The van der Waals surface area contributed by atoms with E-state index >= 15 is 0 Å². The van der Waals surface area contributed by atoms with Crippen LogP contribution in [0.25, 0.3) is 17.2 Å². The SMILES string of the molecule is CCOC(=O)c1c(-c2ccc(C)c(C)c2)csc1NC(=O)/C=C/c1ccco1. The molecule has 0 bridgehead atoms. The van der Waals surface area contributed by atoms with Crippen LogP contribution in [0.2, 0.25) is 0 Å². The van der Waals surface area contributed by atoms with E-state index < -0.39 is 5.97 Å². The van der Waals surface area contributed by atoms with E-state index in [1.807, 2.05) is 37.4 Å². The van der Waals surface area contributed by atoms with Crippen molar-refractivity contribution in [2.24, 2.45) is 0 Å².